The van der Waals surface area contributed by atoms with E-state index in [1.807, 2.05) is 5.09 Å². The summed E-state index contributed by atoms with van der Waals surface area (Å²) < 4.78 is 18.4. The first-order chi connectivity index (χ1) is 13.1. The van der Waals surface area contributed by atoms with Crippen molar-refractivity contribution in [3.63, 3.8) is 0 Å². The number of nitrogens with zero attached hydrogens (tertiary/aromatic N) is 3. The lowest BCUT2D eigenvalue weighted by atomic mass is 10.1. The number of aromatic amines is 1. The maximum atomic E-state index is 12.0. The maximum absolute atomic E-state index is 12.0. The molecule has 152 valence electrons. The smallest absolute Gasteiger partial charge is 0.403 e. The number of nitrogens with two attached hydrogens (primary N) is 1. The normalized spacial score (nSPS) is 23.6. The number of H-pyrrole nitrogens is 1. The highest BCUT2D eigenvalue weighted by Gasteiger charge is 2.50. The van der Waals surface area contributed by atoms with Crippen molar-refractivity contribution >= 4 is 37.0 Å². The molecule has 0 aromatic carbocycles. The van der Waals surface area contributed by atoms with Gasteiger partial charge in [0, 0.05) is 11.6 Å². The molecular weight excluding hydrogens is 395 g/mol. The number of carboxylic acid groups (broad SMARTS) is 1. The van der Waals surface area contributed by atoms with Gasteiger partial charge in [-0.3, -0.25) is 23.7 Å². The lowest BCUT2D eigenvalue weighted by molar-refractivity contribution is -0.138. The van der Waals surface area contributed by atoms with Crippen LogP contribution in [0, 0.1) is 5.41 Å². The van der Waals surface area contributed by atoms with Gasteiger partial charge in [0.1, 0.15) is 12.4 Å². The Morgan fingerprint density at radius 2 is 2.36 bits per heavy atom. The molecule has 0 aliphatic heterocycles. The lowest BCUT2D eigenvalue weighted by Gasteiger charge is -2.19. The molecule has 0 amide bonds. The molecule has 28 heavy (non-hydrogen) atoms. The van der Waals surface area contributed by atoms with Crippen molar-refractivity contribution in [2.24, 2.45) is 5.41 Å². The topological polar surface area (TPSA) is 206 Å². The Balaban J connectivity index is 1.77. The van der Waals surface area contributed by atoms with E-state index < -0.39 is 30.7 Å². The van der Waals surface area contributed by atoms with Gasteiger partial charge in [-0.25, -0.2) is 14.6 Å². The van der Waals surface area contributed by atoms with Crippen molar-refractivity contribution in [2.45, 2.75) is 19.4 Å². The fraction of sp³-hybridized carbons (Fsp3) is 0.429. The van der Waals surface area contributed by atoms with E-state index in [0.29, 0.717) is 12.0 Å². The van der Waals surface area contributed by atoms with Crippen LogP contribution in [0.2, 0.25) is 0 Å². The number of nitrogens with one attached hydrogen (secondary N) is 2. The van der Waals surface area contributed by atoms with Crippen molar-refractivity contribution in [2.75, 3.05) is 18.9 Å². The van der Waals surface area contributed by atoms with Gasteiger partial charge in [-0.15, -0.1) is 0 Å². The first-order valence-electron chi connectivity index (χ1n) is 8.09. The summed E-state index contributed by atoms with van der Waals surface area (Å²) in [4.78, 5) is 42.6. The fourth-order valence-electron chi connectivity index (χ4n) is 2.60. The number of hydrogen-bond donors (Lipinski definition) is 6. The van der Waals surface area contributed by atoms with Crippen LogP contribution in [0.5, 0.6) is 0 Å². The van der Waals surface area contributed by atoms with Crippen molar-refractivity contribution in [3.05, 3.63) is 22.3 Å². The highest BCUT2D eigenvalue weighted by Crippen LogP contribution is 2.54. The van der Waals surface area contributed by atoms with Gasteiger partial charge >= 0.3 is 13.7 Å². The van der Waals surface area contributed by atoms with Crippen LogP contribution in [0.1, 0.15) is 13.3 Å². The third-order valence-corrected chi connectivity index (χ3v) is 5.57. The Hall–Kier alpha value is -2.57. The Morgan fingerprint density at radius 1 is 1.64 bits per heavy atom. The second-order valence-corrected chi connectivity index (χ2v) is 8.08. The van der Waals surface area contributed by atoms with Crippen LogP contribution in [0.3, 0.4) is 0 Å². The number of aliphatic hydroxyl groups excluding tert-OH is 1. The summed E-state index contributed by atoms with van der Waals surface area (Å²) >= 11 is 0. The average molecular weight is 414 g/mol. The van der Waals surface area contributed by atoms with Crippen molar-refractivity contribution in [1.29, 1.82) is 0 Å². The van der Waals surface area contributed by atoms with E-state index in [1.165, 1.54) is 17.8 Å². The number of nitrogen functional groups attached to an aromatic ring is 1. The summed E-state index contributed by atoms with van der Waals surface area (Å²) in [6.07, 6.45) is 3.29. The molecule has 14 heteroatoms. The van der Waals surface area contributed by atoms with Crippen LogP contribution in [-0.2, 0) is 13.9 Å². The van der Waals surface area contributed by atoms with Gasteiger partial charge in [-0.2, -0.15) is 4.98 Å². The zero-order chi connectivity index (χ0) is 20.7. The third kappa shape index (κ3) is 3.98. The van der Waals surface area contributed by atoms with Gasteiger partial charge in [-0.05, 0) is 18.9 Å². The van der Waals surface area contributed by atoms with E-state index in [1.54, 1.807) is 6.20 Å². The number of imidazole rings is 1. The number of rotatable bonds is 8. The van der Waals surface area contributed by atoms with E-state index >= 15 is 0 Å². The lowest BCUT2D eigenvalue weighted by Crippen LogP contribution is -2.32. The number of aliphatic carboxylic acids is 1. The van der Waals surface area contributed by atoms with E-state index in [2.05, 4.69) is 15.0 Å². The van der Waals surface area contributed by atoms with E-state index in [-0.39, 0.29) is 30.3 Å². The number of hydrogen-bond acceptors (Lipinski definition) is 8. The minimum absolute atomic E-state index is 0.0787. The molecule has 13 nitrogen and oxygen atoms in total. The van der Waals surface area contributed by atoms with Gasteiger partial charge in [0.25, 0.3) is 5.56 Å². The first-order valence-corrected chi connectivity index (χ1v) is 9.67. The molecule has 2 aromatic rings. The second-order valence-electron chi connectivity index (χ2n) is 6.53. The molecule has 0 spiro atoms. The van der Waals surface area contributed by atoms with E-state index in [4.69, 9.17) is 15.4 Å². The second kappa shape index (κ2) is 7.11. The maximum Gasteiger partial charge on any atom is 0.403 e. The van der Waals surface area contributed by atoms with Gasteiger partial charge in [0.15, 0.2) is 11.2 Å². The Bertz CT molecular complexity index is 1060. The summed E-state index contributed by atoms with van der Waals surface area (Å²) in [5, 5.41) is 20.5. The minimum atomic E-state index is -4.38. The molecule has 2 aromatic heterocycles. The molecule has 1 fully saturated rings. The van der Waals surface area contributed by atoms with Crippen LogP contribution in [0.4, 0.5) is 5.95 Å². The molecular formula is C14H19N6O7P. The molecule has 1 aliphatic carbocycles. The Morgan fingerprint density at radius 3 is 3.00 bits per heavy atom. The minimum Gasteiger partial charge on any atom is -0.480 e. The van der Waals surface area contributed by atoms with Crippen molar-refractivity contribution in [3.8, 4) is 0 Å². The van der Waals surface area contributed by atoms with Crippen LogP contribution in [0.25, 0.3) is 17.4 Å². The number of aliphatic hydroxyl groups is 1. The molecule has 0 unspecified atom stereocenters. The molecule has 1 aliphatic rings. The average Bonchev–Trinajstić information content (AvgIpc) is 3.15. The van der Waals surface area contributed by atoms with Crippen LogP contribution in [-0.4, -0.2) is 59.9 Å². The predicted octanol–water partition coefficient (Wildman–Crippen LogP) is -0.895. The molecule has 0 bridgehead atoms. The van der Waals surface area contributed by atoms with Crippen molar-refractivity contribution < 1.29 is 29.0 Å². The SMILES string of the molecule is C[C@H](N[P@@](=O)(O)OC[C@@]1(CO)C/C1=C/n1cnc2c(=O)[nH]c(N)nc21)C(=O)O. The van der Waals surface area contributed by atoms with Gasteiger partial charge in [0.05, 0.1) is 13.2 Å². The number of fused-ring (bicyclic) bond motifs is 1. The molecule has 0 saturated heterocycles. The molecule has 7 N–H and O–H groups in total. The Kier molecular flexibility index (Phi) is 5.12. The largest absolute Gasteiger partial charge is 0.480 e. The number of carbonyl (C=O) groups is 1. The standard InChI is InChI=1S/C14H19N6O7P/c1-7(12(23)24)19-28(25,26)27-5-14(4-21)2-8(14)3-20-6-16-9-10(20)17-13(15)18-11(9)22/h3,6-7,21H,2,4-5H2,1H3,(H,23,24)(H2,19,25,26)(H3,15,17,18,22)/b8-3-/t7-,14-/m0/s1. The van der Waals surface area contributed by atoms with Gasteiger partial charge < -0.3 is 20.8 Å². The van der Waals surface area contributed by atoms with E-state index in [0.717, 1.165) is 0 Å². The summed E-state index contributed by atoms with van der Waals surface area (Å²) in [6.45, 7) is 0.519. The fourth-order valence-corrected chi connectivity index (χ4v) is 3.70. The van der Waals surface area contributed by atoms with E-state index in [9.17, 15) is 24.2 Å². The highest BCUT2D eigenvalue weighted by atomic mass is 31.2. The number of anilines is 1. The zero-order valence-corrected chi connectivity index (χ0v) is 15.6. The first kappa shape index (κ1) is 20.2. The third-order valence-electron chi connectivity index (χ3n) is 4.38. The molecule has 3 rings (SSSR count). The summed E-state index contributed by atoms with van der Waals surface area (Å²) in [6, 6.07) is -1.29. The molecule has 2 heterocycles. The summed E-state index contributed by atoms with van der Waals surface area (Å²) in [5.41, 5.74) is 5.11. The van der Waals surface area contributed by atoms with Crippen LogP contribution >= 0.6 is 7.75 Å². The number of carboxylic acids is 1. The zero-order valence-electron chi connectivity index (χ0n) is 14.7. The van der Waals surface area contributed by atoms with Crippen LogP contribution in [0.15, 0.2) is 16.7 Å². The summed E-state index contributed by atoms with van der Waals surface area (Å²) in [7, 11) is -4.38. The Labute approximate surface area is 157 Å². The monoisotopic (exact) mass is 414 g/mol. The molecule has 3 atom stereocenters. The number of aromatic nitrogens is 4. The van der Waals surface area contributed by atoms with Crippen molar-refractivity contribution in [1.82, 2.24) is 24.6 Å². The van der Waals surface area contributed by atoms with Gasteiger partial charge in [-0.1, -0.05) is 0 Å². The quantitative estimate of drug-likeness (QED) is 0.292. The predicted molar refractivity (Wildman–Crippen MR) is 97.0 cm³/mol. The van der Waals surface area contributed by atoms with Gasteiger partial charge in [0.2, 0.25) is 5.95 Å². The molecule has 1 saturated carbocycles. The summed E-state index contributed by atoms with van der Waals surface area (Å²) in [5.74, 6) is -1.39. The molecule has 0 radical (unpaired) electrons. The highest BCUT2D eigenvalue weighted by molar-refractivity contribution is 7.50. The van der Waals surface area contributed by atoms with Crippen LogP contribution < -0.4 is 16.4 Å².